The van der Waals surface area contributed by atoms with Gasteiger partial charge in [-0.15, -0.1) is 0 Å². The Hall–Kier alpha value is -1.59. The molecule has 0 aliphatic carbocycles. The van der Waals surface area contributed by atoms with Crippen molar-refractivity contribution in [1.29, 1.82) is 0 Å². The van der Waals surface area contributed by atoms with Crippen molar-refractivity contribution >= 4 is 34.8 Å². The van der Waals surface area contributed by atoms with Crippen LogP contribution in [-0.2, 0) is 9.59 Å². The van der Waals surface area contributed by atoms with E-state index in [-0.39, 0.29) is 17.7 Å². The highest BCUT2D eigenvalue weighted by Gasteiger charge is 2.11. The van der Waals surface area contributed by atoms with Crippen LogP contribution in [0.3, 0.4) is 0 Å². The summed E-state index contributed by atoms with van der Waals surface area (Å²) in [4.78, 5) is 23.6. The number of halogens is 1. The number of carbonyl (C=O) groups excluding carboxylic acids is 2. The Labute approximate surface area is 130 Å². The third-order valence-electron chi connectivity index (χ3n) is 2.73. The van der Waals surface area contributed by atoms with Crippen LogP contribution in [0.5, 0.6) is 0 Å². The SMILES string of the molecule is CC(C)CC(=O)Nc1ccc(Cl)cc1NC(=O)CCCN. The highest BCUT2D eigenvalue weighted by atomic mass is 35.5. The highest BCUT2D eigenvalue weighted by molar-refractivity contribution is 6.31. The Kier molecular flexibility index (Phi) is 7.19. The molecule has 0 spiro atoms. The van der Waals surface area contributed by atoms with E-state index in [2.05, 4.69) is 10.6 Å². The zero-order chi connectivity index (χ0) is 15.8. The van der Waals surface area contributed by atoms with Crippen LogP contribution in [0.4, 0.5) is 11.4 Å². The Balaban J connectivity index is 2.79. The summed E-state index contributed by atoms with van der Waals surface area (Å²) in [7, 11) is 0. The second kappa shape index (κ2) is 8.64. The molecule has 2 amide bonds. The summed E-state index contributed by atoms with van der Waals surface area (Å²) in [5, 5.41) is 6.04. The zero-order valence-corrected chi connectivity index (χ0v) is 13.2. The van der Waals surface area contributed by atoms with Crippen molar-refractivity contribution in [3.05, 3.63) is 23.2 Å². The Morgan fingerprint density at radius 3 is 2.48 bits per heavy atom. The van der Waals surface area contributed by atoms with Crippen molar-refractivity contribution in [2.75, 3.05) is 17.2 Å². The molecule has 0 fully saturated rings. The van der Waals surface area contributed by atoms with Crippen molar-refractivity contribution in [3.8, 4) is 0 Å². The Bertz CT molecular complexity index is 504. The van der Waals surface area contributed by atoms with E-state index in [0.29, 0.717) is 42.2 Å². The molecule has 1 aromatic carbocycles. The van der Waals surface area contributed by atoms with Crippen LogP contribution in [0, 0.1) is 5.92 Å². The molecule has 0 aliphatic rings. The van der Waals surface area contributed by atoms with Crippen molar-refractivity contribution in [3.63, 3.8) is 0 Å². The minimum Gasteiger partial charge on any atom is -0.330 e. The van der Waals surface area contributed by atoms with Crippen molar-refractivity contribution in [2.45, 2.75) is 33.1 Å². The van der Waals surface area contributed by atoms with Crippen LogP contribution in [0.25, 0.3) is 0 Å². The van der Waals surface area contributed by atoms with E-state index in [1.54, 1.807) is 18.2 Å². The molecular weight excluding hydrogens is 290 g/mol. The maximum atomic E-state index is 11.8. The molecule has 0 saturated heterocycles. The van der Waals surface area contributed by atoms with Crippen LogP contribution in [0.2, 0.25) is 5.02 Å². The number of nitrogens with one attached hydrogen (secondary N) is 2. The van der Waals surface area contributed by atoms with Crippen LogP contribution in [-0.4, -0.2) is 18.4 Å². The lowest BCUT2D eigenvalue weighted by molar-refractivity contribution is -0.117. The predicted octanol–water partition coefficient (Wildman–Crippen LogP) is 3.00. The Morgan fingerprint density at radius 1 is 1.19 bits per heavy atom. The third kappa shape index (κ3) is 6.60. The second-order valence-electron chi connectivity index (χ2n) is 5.28. The lowest BCUT2D eigenvalue weighted by atomic mass is 10.1. The fraction of sp³-hybridized carbons (Fsp3) is 0.467. The van der Waals surface area contributed by atoms with E-state index in [9.17, 15) is 9.59 Å². The molecule has 4 N–H and O–H groups in total. The molecule has 0 atom stereocenters. The number of anilines is 2. The van der Waals surface area contributed by atoms with Gasteiger partial charge in [0.1, 0.15) is 0 Å². The average Bonchev–Trinajstić information content (AvgIpc) is 2.38. The maximum absolute atomic E-state index is 11.8. The van der Waals surface area contributed by atoms with Gasteiger partial charge in [-0.3, -0.25) is 9.59 Å². The minimum atomic E-state index is -0.151. The first kappa shape index (κ1) is 17.5. The standard InChI is InChI=1S/C15H22ClN3O2/c1-10(2)8-15(21)18-12-6-5-11(16)9-13(12)19-14(20)4-3-7-17/h5-6,9-10H,3-4,7-8,17H2,1-2H3,(H,18,21)(H,19,20). The van der Waals surface area contributed by atoms with Gasteiger partial charge in [0.05, 0.1) is 11.4 Å². The molecule has 6 heteroatoms. The first-order chi connectivity index (χ1) is 9.92. The molecule has 0 unspecified atom stereocenters. The van der Waals surface area contributed by atoms with Gasteiger partial charge in [0, 0.05) is 17.9 Å². The maximum Gasteiger partial charge on any atom is 0.224 e. The topological polar surface area (TPSA) is 84.2 Å². The molecule has 21 heavy (non-hydrogen) atoms. The zero-order valence-electron chi connectivity index (χ0n) is 12.4. The van der Waals surface area contributed by atoms with Gasteiger partial charge in [-0.25, -0.2) is 0 Å². The monoisotopic (exact) mass is 311 g/mol. The average molecular weight is 312 g/mol. The van der Waals surface area contributed by atoms with Gasteiger partial charge >= 0.3 is 0 Å². The molecule has 0 bridgehead atoms. The minimum absolute atomic E-state index is 0.0928. The van der Waals surface area contributed by atoms with Gasteiger partial charge in [0.25, 0.3) is 0 Å². The highest BCUT2D eigenvalue weighted by Crippen LogP contribution is 2.26. The smallest absolute Gasteiger partial charge is 0.224 e. The summed E-state index contributed by atoms with van der Waals surface area (Å²) in [5.41, 5.74) is 6.43. The van der Waals surface area contributed by atoms with Crippen molar-refractivity contribution < 1.29 is 9.59 Å². The van der Waals surface area contributed by atoms with Crippen molar-refractivity contribution in [1.82, 2.24) is 0 Å². The number of rotatable bonds is 7. The molecule has 0 saturated carbocycles. The first-order valence-electron chi connectivity index (χ1n) is 7.01. The molecule has 116 valence electrons. The van der Waals surface area contributed by atoms with E-state index in [0.717, 1.165) is 0 Å². The molecule has 1 aromatic rings. The van der Waals surface area contributed by atoms with Gasteiger partial charge in [-0.05, 0) is 37.1 Å². The van der Waals surface area contributed by atoms with E-state index >= 15 is 0 Å². The number of hydrogen-bond donors (Lipinski definition) is 3. The van der Waals surface area contributed by atoms with Gasteiger partial charge in [-0.1, -0.05) is 25.4 Å². The first-order valence-corrected chi connectivity index (χ1v) is 7.39. The number of carbonyl (C=O) groups is 2. The van der Waals surface area contributed by atoms with Crippen LogP contribution >= 0.6 is 11.6 Å². The third-order valence-corrected chi connectivity index (χ3v) is 2.97. The quantitative estimate of drug-likeness (QED) is 0.723. The number of hydrogen-bond acceptors (Lipinski definition) is 3. The molecule has 0 heterocycles. The van der Waals surface area contributed by atoms with Gasteiger partial charge in [-0.2, -0.15) is 0 Å². The lowest BCUT2D eigenvalue weighted by Gasteiger charge is -2.13. The van der Waals surface area contributed by atoms with Gasteiger partial charge < -0.3 is 16.4 Å². The molecular formula is C15H22ClN3O2. The fourth-order valence-corrected chi connectivity index (χ4v) is 1.95. The number of amides is 2. The molecule has 0 radical (unpaired) electrons. The van der Waals surface area contributed by atoms with E-state index in [1.807, 2.05) is 13.8 Å². The molecule has 1 rings (SSSR count). The van der Waals surface area contributed by atoms with Gasteiger partial charge in [0.15, 0.2) is 0 Å². The van der Waals surface area contributed by atoms with E-state index < -0.39 is 0 Å². The Morgan fingerprint density at radius 2 is 1.86 bits per heavy atom. The van der Waals surface area contributed by atoms with Crippen LogP contribution < -0.4 is 16.4 Å². The largest absolute Gasteiger partial charge is 0.330 e. The second-order valence-corrected chi connectivity index (χ2v) is 5.71. The molecule has 0 aromatic heterocycles. The summed E-state index contributed by atoms with van der Waals surface area (Å²) < 4.78 is 0. The summed E-state index contributed by atoms with van der Waals surface area (Å²) in [6, 6.07) is 4.97. The summed E-state index contributed by atoms with van der Waals surface area (Å²) >= 11 is 5.94. The van der Waals surface area contributed by atoms with E-state index in [4.69, 9.17) is 17.3 Å². The molecule has 0 aliphatic heterocycles. The number of benzene rings is 1. The lowest BCUT2D eigenvalue weighted by Crippen LogP contribution is -2.18. The van der Waals surface area contributed by atoms with Crippen LogP contribution in [0.15, 0.2) is 18.2 Å². The normalized spacial score (nSPS) is 10.5. The number of nitrogens with two attached hydrogens (primary N) is 1. The summed E-state index contributed by atoms with van der Waals surface area (Å²) in [6.07, 6.45) is 1.37. The fourth-order valence-electron chi connectivity index (χ4n) is 1.78. The predicted molar refractivity (Wildman–Crippen MR) is 86.5 cm³/mol. The van der Waals surface area contributed by atoms with Crippen molar-refractivity contribution in [2.24, 2.45) is 11.7 Å². The summed E-state index contributed by atoms with van der Waals surface area (Å²) in [5.74, 6) is 0.0201. The summed E-state index contributed by atoms with van der Waals surface area (Å²) in [6.45, 7) is 4.40. The van der Waals surface area contributed by atoms with Gasteiger partial charge in [0.2, 0.25) is 11.8 Å². The van der Waals surface area contributed by atoms with E-state index in [1.165, 1.54) is 0 Å². The van der Waals surface area contributed by atoms with Crippen LogP contribution in [0.1, 0.15) is 33.1 Å². The molecule has 5 nitrogen and oxygen atoms in total.